The topological polar surface area (TPSA) is 51.8 Å². The molecule has 2 heterocycles. The predicted molar refractivity (Wildman–Crippen MR) is 55.1 cm³/mol. The second-order valence-electron chi connectivity index (χ2n) is 2.70. The molecule has 0 amide bonds. The molecule has 0 saturated heterocycles. The Kier molecular flexibility index (Phi) is 2.24. The molecule has 0 spiro atoms. The standard InChI is InChI=1S/C9H8BrN3/c10-6-3-9-8(12-5-6)2-1-7(4-11)13-9/h1-3,5H,4,11H2. The van der Waals surface area contributed by atoms with Crippen molar-refractivity contribution >= 4 is 27.0 Å². The molecule has 0 aliphatic heterocycles. The lowest BCUT2D eigenvalue weighted by atomic mass is 10.3. The molecule has 66 valence electrons. The fourth-order valence-electron chi connectivity index (χ4n) is 1.14. The van der Waals surface area contributed by atoms with E-state index in [4.69, 9.17) is 5.73 Å². The van der Waals surface area contributed by atoms with Crippen LogP contribution in [0.3, 0.4) is 0 Å². The number of hydrogen-bond acceptors (Lipinski definition) is 3. The van der Waals surface area contributed by atoms with Crippen LogP contribution in [-0.2, 0) is 6.54 Å². The maximum absolute atomic E-state index is 5.48. The molecular weight excluding hydrogens is 230 g/mol. The van der Waals surface area contributed by atoms with E-state index in [1.54, 1.807) is 6.20 Å². The highest BCUT2D eigenvalue weighted by Gasteiger charge is 1.98. The number of fused-ring (bicyclic) bond motifs is 1. The van der Waals surface area contributed by atoms with E-state index in [-0.39, 0.29) is 0 Å². The minimum absolute atomic E-state index is 0.461. The first-order valence-corrected chi connectivity index (χ1v) is 4.70. The summed E-state index contributed by atoms with van der Waals surface area (Å²) in [5, 5.41) is 0. The molecule has 2 aromatic heterocycles. The van der Waals surface area contributed by atoms with Crippen molar-refractivity contribution in [3.8, 4) is 0 Å². The molecular formula is C9H8BrN3. The van der Waals surface area contributed by atoms with E-state index in [0.29, 0.717) is 6.54 Å². The van der Waals surface area contributed by atoms with Gasteiger partial charge >= 0.3 is 0 Å². The highest BCUT2D eigenvalue weighted by molar-refractivity contribution is 9.10. The van der Waals surface area contributed by atoms with E-state index in [2.05, 4.69) is 25.9 Å². The van der Waals surface area contributed by atoms with E-state index in [9.17, 15) is 0 Å². The van der Waals surface area contributed by atoms with E-state index in [1.807, 2.05) is 18.2 Å². The van der Waals surface area contributed by atoms with Gasteiger partial charge in [0.25, 0.3) is 0 Å². The fraction of sp³-hybridized carbons (Fsp3) is 0.111. The van der Waals surface area contributed by atoms with Gasteiger partial charge in [-0.2, -0.15) is 0 Å². The molecule has 0 fully saturated rings. The second-order valence-corrected chi connectivity index (χ2v) is 3.61. The summed E-state index contributed by atoms with van der Waals surface area (Å²) in [6.07, 6.45) is 1.76. The van der Waals surface area contributed by atoms with Gasteiger partial charge in [-0.1, -0.05) is 0 Å². The molecule has 0 aliphatic rings. The summed E-state index contributed by atoms with van der Waals surface area (Å²) in [5.41, 5.74) is 8.13. The Morgan fingerprint density at radius 3 is 2.92 bits per heavy atom. The van der Waals surface area contributed by atoms with Crippen LogP contribution >= 0.6 is 15.9 Å². The molecule has 3 nitrogen and oxygen atoms in total. The minimum Gasteiger partial charge on any atom is -0.325 e. The summed E-state index contributed by atoms with van der Waals surface area (Å²) >= 11 is 3.35. The van der Waals surface area contributed by atoms with Crippen LogP contribution in [0.25, 0.3) is 11.0 Å². The monoisotopic (exact) mass is 237 g/mol. The van der Waals surface area contributed by atoms with Crippen LogP contribution in [0.5, 0.6) is 0 Å². The first-order valence-electron chi connectivity index (χ1n) is 3.91. The molecule has 0 bridgehead atoms. The number of pyridine rings is 2. The first-order chi connectivity index (χ1) is 6.29. The lowest BCUT2D eigenvalue weighted by Gasteiger charge is -1.99. The molecule has 0 unspecified atom stereocenters. The second kappa shape index (κ2) is 3.40. The van der Waals surface area contributed by atoms with Crippen molar-refractivity contribution in [3.63, 3.8) is 0 Å². The van der Waals surface area contributed by atoms with Gasteiger partial charge in [0.15, 0.2) is 0 Å². The van der Waals surface area contributed by atoms with E-state index in [1.165, 1.54) is 0 Å². The Bertz CT molecular complexity index is 442. The molecule has 2 N–H and O–H groups in total. The lowest BCUT2D eigenvalue weighted by molar-refractivity contribution is 1.00. The number of halogens is 1. The molecule has 4 heteroatoms. The van der Waals surface area contributed by atoms with Gasteiger partial charge in [-0.25, -0.2) is 4.98 Å². The molecule has 13 heavy (non-hydrogen) atoms. The smallest absolute Gasteiger partial charge is 0.0901 e. The van der Waals surface area contributed by atoms with Crippen LogP contribution in [0, 0.1) is 0 Å². The third-order valence-electron chi connectivity index (χ3n) is 1.77. The third kappa shape index (κ3) is 1.68. The predicted octanol–water partition coefficient (Wildman–Crippen LogP) is 1.85. The zero-order valence-electron chi connectivity index (χ0n) is 6.87. The molecule has 0 aromatic carbocycles. The maximum Gasteiger partial charge on any atom is 0.0901 e. The summed E-state index contributed by atoms with van der Waals surface area (Å²) in [6.45, 7) is 0.461. The normalized spacial score (nSPS) is 10.6. The lowest BCUT2D eigenvalue weighted by Crippen LogP contribution is -1.99. The van der Waals surface area contributed by atoms with Crippen LogP contribution in [0.1, 0.15) is 5.69 Å². The number of nitrogens with zero attached hydrogens (tertiary/aromatic N) is 2. The number of nitrogens with two attached hydrogens (primary N) is 1. The Labute approximate surface area is 84.1 Å². The van der Waals surface area contributed by atoms with Gasteiger partial charge < -0.3 is 5.73 Å². The summed E-state index contributed by atoms with van der Waals surface area (Å²) in [4.78, 5) is 8.54. The Morgan fingerprint density at radius 1 is 1.31 bits per heavy atom. The first kappa shape index (κ1) is 8.59. The van der Waals surface area contributed by atoms with Crippen molar-refractivity contribution in [2.75, 3.05) is 0 Å². The van der Waals surface area contributed by atoms with Crippen LogP contribution in [0.2, 0.25) is 0 Å². The highest BCUT2D eigenvalue weighted by Crippen LogP contribution is 2.15. The quantitative estimate of drug-likeness (QED) is 0.824. The third-order valence-corrected chi connectivity index (χ3v) is 2.20. The molecule has 0 aliphatic carbocycles. The molecule has 2 rings (SSSR count). The Hall–Kier alpha value is -1.00. The zero-order chi connectivity index (χ0) is 9.26. The average molecular weight is 238 g/mol. The van der Waals surface area contributed by atoms with Gasteiger partial charge in [0.2, 0.25) is 0 Å². The highest BCUT2D eigenvalue weighted by atomic mass is 79.9. The number of hydrogen-bond donors (Lipinski definition) is 1. The molecule has 0 atom stereocenters. The number of aromatic nitrogens is 2. The van der Waals surface area contributed by atoms with Crippen molar-refractivity contribution in [2.24, 2.45) is 5.73 Å². The van der Waals surface area contributed by atoms with Crippen molar-refractivity contribution in [3.05, 3.63) is 34.6 Å². The Morgan fingerprint density at radius 2 is 2.15 bits per heavy atom. The van der Waals surface area contributed by atoms with Crippen molar-refractivity contribution in [1.29, 1.82) is 0 Å². The minimum atomic E-state index is 0.461. The zero-order valence-corrected chi connectivity index (χ0v) is 8.45. The van der Waals surface area contributed by atoms with Gasteiger partial charge in [-0.3, -0.25) is 4.98 Å². The van der Waals surface area contributed by atoms with Crippen LogP contribution in [0.15, 0.2) is 28.9 Å². The van der Waals surface area contributed by atoms with Gasteiger partial charge in [0.05, 0.1) is 16.7 Å². The van der Waals surface area contributed by atoms with Gasteiger partial charge in [-0.15, -0.1) is 0 Å². The van der Waals surface area contributed by atoms with Gasteiger partial charge in [0, 0.05) is 17.2 Å². The summed E-state index contributed by atoms with van der Waals surface area (Å²) in [6, 6.07) is 5.75. The van der Waals surface area contributed by atoms with Gasteiger partial charge in [-0.05, 0) is 34.1 Å². The van der Waals surface area contributed by atoms with Crippen LogP contribution < -0.4 is 5.73 Å². The fourth-order valence-corrected chi connectivity index (χ4v) is 1.46. The maximum atomic E-state index is 5.48. The number of rotatable bonds is 1. The summed E-state index contributed by atoms with van der Waals surface area (Å²) < 4.78 is 0.932. The molecule has 0 radical (unpaired) electrons. The van der Waals surface area contributed by atoms with E-state index >= 15 is 0 Å². The van der Waals surface area contributed by atoms with Crippen molar-refractivity contribution in [2.45, 2.75) is 6.54 Å². The van der Waals surface area contributed by atoms with Crippen LogP contribution in [-0.4, -0.2) is 9.97 Å². The van der Waals surface area contributed by atoms with Crippen LogP contribution in [0.4, 0.5) is 0 Å². The summed E-state index contributed by atoms with van der Waals surface area (Å²) in [7, 11) is 0. The van der Waals surface area contributed by atoms with E-state index in [0.717, 1.165) is 21.2 Å². The Balaban J connectivity index is 2.68. The van der Waals surface area contributed by atoms with Crippen molar-refractivity contribution in [1.82, 2.24) is 9.97 Å². The SMILES string of the molecule is NCc1ccc2ncc(Br)cc2n1. The average Bonchev–Trinajstić information content (AvgIpc) is 2.16. The van der Waals surface area contributed by atoms with Gasteiger partial charge in [0.1, 0.15) is 0 Å². The van der Waals surface area contributed by atoms with E-state index < -0.39 is 0 Å². The largest absolute Gasteiger partial charge is 0.325 e. The van der Waals surface area contributed by atoms with Crippen molar-refractivity contribution < 1.29 is 0 Å². The summed E-state index contributed by atoms with van der Waals surface area (Å²) in [5.74, 6) is 0. The molecule has 0 saturated carbocycles. The molecule has 2 aromatic rings.